The summed E-state index contributed by atoms with van der Waals surface area (Å²) in [7, 11) is 0. The van der Waals surface area contributed by atoms with Gasteiger partial charge in [0.2, 0.25) is 0 Å². The van der Waals surface area contributed by atoms with E-state index in [0.717, 1.165) is 37.7 Å². The molecule has 5 heteroatoms. The van der Waals surface area contributed by atoms with Gasteiger partial charge < -0.3 is 20.4 Å². The second-order valence-corrected chi connectivity index (χ2v) is 15.1. The van der Waals surface area contributed by atoms with Crippen LogP contribution in [0.25, 0.3) is 0 Å². The Hall–Kier alpha value is -0.910. The fraction of sp³-hybridized carbons (Fsp3) is 0.900. The molecule has 0 radical (unpaired) electrons. The van der Waals surface area contributed by atoms with Crippen LogP contribution in [0.3, 0.4) is 0 Å². The van der Waals surface area contributed by atoms with Crippen LogP contribution in [-0.2, 0) is 4.79 Å². The Balaban J connectivity index is 1.67. The maximum absolute atomic E-state index is 13.5. The Labute approximate surface area is 211 Å². The molecule has 5 aliphatic rings. The van der Waals surface area contributed by atoms with Crippen LogP contribution in [-0.4, -0.2) is 45.2 Å². The smallest absolute Gasteiger partial charge is 0.314 e. The van der Waals surface area contributed by atoms with E-state index in [1.54, 1.807) is 0 Å². The number of rotatable bonds is 2. The first kappa shape index (κ1) is 25.7. The lowest BCUT2D eigenvalue weighted by molar-refractivity contribution is -0.254. The number of carbonyl (C=O) groups is 1. The standard InChI is InChI=1S/C30H48O5/c1-25(2)11-12-26(3)13-14-30(24(34)35)18(19(26)15-25)7-8-21-27(4)10-9-22(33)28(5,17-31)23(27)20(32)16-29(21,30)6/h7,19-23,31-33H,8-17H2,1-6H3,(H,34,35). The van der Waals surface area contributed by atoms with Crippen molar-refractivity contribution in [3.8, 4) is 0 Å². The maximum Gasteiger partial charge on any atom is 0.314 e. The van der Waals surface area contributed by atoms with Crippen LogP contribution in [0.15, 0.2) is 11.6 Å². The number of hydrogen-bond acceptors (Lipinski definition) is 4. The van der Waals surface area contributed by atoms with E-state index in [1.807, 2.05) is 6.92 Å². The molecule has 4 N–H and O–H groups in total. The minimum Gasteiger partial charge on any atom is -0.481 e. The first-order valence-electron chi connectivity index (χ1n) is 14.0. The lowest BCUT2D eigenvalue weighted by Crippen LogP contribution is -2.70. The summed E-state index contributed by atoms with van der Waals surface area (Å²) in [6, 6.07) is 0. The third kappa shape index (κ3) is 3.07. The van der Waals surface area contributed by atoms with Crippen LogP contribution in [0.5, 0.6) is 0 Å². The van der Waals surface area contributed by atoms with E-state index >= 15 is 0 Å². The average molecular weight is 489 g/mol. The Kier molecular flexibility index (Phi) is 5.56. The lowest BCUT2D eigenvalue weighted by atomic mass is 9.32. The van der Waals surface area contributed by atoms with E-state index in [9.17, 15) is 25.2 Å². The highest BCUT2D eigenvalue weighted by Gasteiger charge is 2.73. The summed E-state index contributed by atoms with van der Waals surface area (Å²) in [5, 5.41) is 44.2. The van der Waals surface area contributed by atoms with Crippen LogP contribution in [0.2, 0.25) is 0 Å². The molecular formula is C30H48O5. The van der Waals surface area contributed by atoms with Gasteiger partial charge in [0.15, 0.2) is 0 Å². The minimum atomic E-state index is -0.964. The van der Waals surface area contributed by atoms with Gasteiger partial charge in [-0.05, 0) is 91.3 Å². The molecule has 5 nitrogen and oxygen atoms in total. The van der Waals surface area contributed by atoms with E-state index < -0.39 is 34.4 Å². The Bertz CT molecular complexity index is 941. The molecule has 35 heavy (non-hydrogen) atoms. The van der Waals surface area contributed by atoms with Crippen LogP contribution in [0.1, 0.15) is 99.3 Å². The molecule has 4 saturated carbocycles. The number of fused-ring (bicyclic) bond motifs is 7. The highest BCUT2D eigenvalue weighted by Crippen LogP contribution is 2.75. The van der Waals surface area contributed by atoms with Crippen molar-refractivity contribution in [1.29, 1.82) is 0 Å². The van der Waals surface area contributed by atoms with E-state index in [0.29, 0.717) is 19.3 Å². The van der Waals surface area contributed by atoms with Gasteiger partial charge in [-0.1, -0.05) is 53.2 Å². The first-order chi connectivity index (χ1) is 16.1. The molecule has 0 bridgehead atoms. The summed E-state index contributed by atoms with van der Waals surface area (Å²) in [4.78, 5) is 13.5. The monoisotopic (exact) mass is 488 g/mol. The molecule has 0 spiro atoms. The quantitative estimate of drug-likeness (QED) is 0.402. The van der Waals surface area contributed by atoms with Gasteiger partial charge in [0.05, 0.1) is 24.2 Å². The first-order valence-corrected chi connectivity index (χ1v) is 14.0. The van der Waals surface area contributed by atoms with Crippen molar-refractivity contribution in [2.75, 3.05) is 6.61 Å². The largest absolute Gasteiger partial charge is 0.481 e. The van der Waals surface area contributed by atoms with Gasteiger partial charge in [0.1, 0.15) is 0 Å². The molecule has 198 valence electrons. The van der Waals surface area contributed by atoms with E-state index in [4.69, 9.17) is 0 Å². The molecule has 0 amide bonds. The molecule has 10 atom stereocenters. The molecule has 5 aliphatic carbocycles. The molecule has 0 aromatic rings. The predicted octanol–water partition coefficient (Wildman–Crippen LogP) is 5.18. The number of hydrogen-bond donors (Lipinski definition) is 4. The fourth-order valence-electron chi connectivity index (χ4n) is 10.8. The van der Waals surface area contributed by atoms with Gasteiger partial charge in [-0.2, -0.15) is 0 Å². The fourth-order valence-corrected chi connectivity index (χ4v) is 10.8. The number of aliphatic hydroxyl groups excluding tert-OH is 3. The molecular weight excluding hydrogens is 440 g/mol. The summed E-state index contributed by atoms with van der Waals surface area (Å²) in [6.45, 7) is 13.2. The molecule has 5 rings (SSSR count). The van der Waals surface area contributed by atoms with E-state index in [-0.39, 0.29) is 40.6 Å². The molecule has 0 aliphatic heterocycles. The molecule has 4 fully saturated rings. The molecule has 0 saturated heterocycles. The van der Waals surface area contributed by atoms with Gasteiger partial charge in [-0.25, -0.2) is 0 Å². The second kappa shape index (κ2) is 7.57. The van der Waals surface area contributed by atoms with Crippen molar-refractivity contribution in [3.63, 3.8) is 0 Å². The van der Waals surface area contributed by atoms with Crippen molar-refractivity contribution >= 4 is 5.97 Å². The van der Waals surface area contributed by atoms with Crippen LogP contribution in [0, 0.1) is 50.2 Å². The van der Waals surface area contributed by atoms with Crippen LogP contribution >= 0.6 is 0 Å². The Morgan fingerprint density at radius 3 is 2.26 bits per heavy atom. The highest BCUT2D eigenvalue weighted by molar-refractivity contribution is 5.81. The van der Waals surface area contributed by atoms with Crippen LogP contribution < -0.4 is 0 Å². The maximum atomic E-state index is 13.5. The van der Waals surface area contributed by atoms with Gasteiger partial charge in [-0.15, -0.1) is 0 Å². The predicted molar refractivity (Wildman–Crippen MR) is 135 cm³/mol. The zero-order valence-corrected chi connectivity index (χ0v) is 22.7. The zero-order chi connectivity index (χ0) is 25.8. The number of carboxylic acid groups (broad SMARTS) is 1. The van der Waals surface area contributed by atoms with Crippen LogP contribution in [0.4, 0.5) is 0 Å². The lowest BCUT2D eigenvalue weighted by Gasteiger charge is -2.71. The number of aliphatic carboxylic acids is 1. The number of allylic oxidation sites excluding steroid dienone is 1. The average Bonchev–Trinajstić information content (AvgIpc) is 2.76. The van der Waals surface area contributed by atoms with Crippen molar-refractivity contribution in [2.24, 2.45) is 50.2 Å². The summed E-state index contributed by atoms with van der Waals surface area (Å²) in [5.41, 5.74) is -1.17. The van der Waals surface area contributed by atoms with E-state index in [1.165, 1.54) is 6.42 Å². The van der Waals surface area contributed by atoms with Gasteiger partial charge in [0, 0.05) is 11.3 Å². The molecule has 10 unspecified atom stereocenters. The second-order valence-electron chi connectivity index (χ2n) is 15.1. The normalized spacial score (nSPS) is 55.0. The Morgan fingerprint density at radius 1 is 0.971 bits per heavy atom. The SMILES string of the molecule is CC1(C)CCC2(C)CCC3(C(=O)O)C(=CCC4C5(C)CCC(O)C(C)(CO)C5C(O)CC43C)C2C1. The zero-order valence-electron chi connectivity index (χ0n) is 22.7. The third-order valence-corrected chi connectivity index (χ3v) is 12.9. The molecule has 0 heterocycles. The van der Waals surface area contributed by atoms with Crippen molar-refractivity contribution in [2.45, 2.75) is 112 Å². The van der Waals surface area contributed by atoms with Gasteiger partial charge in [-0.3, -0.25) is 4.79 Å². The van der Waals surface area contributed by atoms with Crippen molar-refractivity contribution < 1.29 is 25.2 Å². The van der Waals surface area contributed by atoms with Crippen molar-refractivity contribution in [3.05, 3.63) is 11.6 Å². The summed E-state index contributed by atoms with van der Waals surface area (Å²) in [5.74, 6) is -0.614. The summed E-state index contributed by atoms with van der Waals surface area (Å²) < 4.78 is 0. The molecule has 0 aromatic heterocycles. The Morgan fingerprint density at radius 2 is 1.63 bits per heavy atom. The van der Waals surface area contributed by atoms with Crippen molar-refractivity contribution in [1.82, 2.24) is 0 Å². The number of aliphatic hydroxyl groups is 3. The summed E-state index contributed by atoms with van der Waals surface area (Å²) in [6.07, 6.45) is 8.40. The van der Waals surface area contributed by atoms with E-state index in [2.05, 4.69) is 40.7 Å². The van der Waals surface area contributed by atoms with Gasteiger partial charge in [0.25, 0.3) is 0 Å². The summed E-state index contributed by atoms with van der Waals surface area (Å²) >= 11 is 0. The highest BCUT2D eigenvalue weighted by atomic mass is 16.4. The third-order valence-electron chi connectivity index (χ3n) is 12.9. The van der Waals surface area contributed by atoms with Gasteiger partial charge >= 0.3 is 5.97 Å². The topological polar surface area (TPSA) is 98.0 Å². The number of carboxylic acids is 1. The molecule has 0 aromatic carbocycles. The minimum absolute atomic E-state index is 0.0857.